The molecule has 0 spiro atoms. The summed E-state index contributed by atoms with van der Waals surface area (Å²) in [4.78, 5) is 15.8. The number of halogens is 2. The lowest BCUT2D eigenvalue weighted by molar-refractivity contribution is 0.103. The number of benzene rings is 1. The fraction of sp³-hybridized carbons (Fsp3) is 0. The van der Waals surface area contributed by atoms with E-state index in [1.807, 2.05) is 0 Å². The van der Waals surface area contributed by atoms with Gasteiger partial charge in [-0.1, -0.05) is 23.2 Å². The largest absolute Gasteiger partial charge is 0.375 e. The maximum absolute atomic E-state index is 11.9. The van der Waals surface area contributed by atoms with Gasteiger partial charge < -0.3 is 5.73 Å². The van der Waals surface area contributed by atoms with E-state index in [4.69, 9.17) is 28.9 Å². The highest BCUT2D eigenvalue weighted by atomic mass is 35.5. The normalized spacial score (nSPS) is 10.4. The molecule has 3 nitrogen and oxygen atoms in total. The molecule has 6 heteroatoms. The van der Waals surface area contributed by atoms with Gasteiger partial charge in [0.15, 0.2) is 5.13 Å². The number of carbonyl (C=O) groups is 1. The van der Waals surface area contributed by atoms with Gasteiger partial charge in [-0.25, -0.2) is 4.98 Å². The third-order valence-electron chi connectivity index (χ3n) is 1.94. The molecule has 16 heavy (non-hydrogen) atoms. The van der Waals surface area contributed by atoms with E-state index in [2.05, 4.69) is 4.98 Å². The molecule has 0 fully saturated rings. The Kier molecular flexibility index (Phi) is 3.14. The molecule has 0 radical (unpaired) electrons. The predicted octanol–water partition coefficient (Wildman–Crippen LogP) is 3.26. The monoisotopic (exact) mass is 272 g/mol. The maximum Gasteiger partial charge on any atom is 0.212 e. The molecule has 0 unspecified atom stereocenters. The smallest absolute Gasteiger partial charge is 0.212 e. The van der Waals surface area contributed by atoms with Crippen molar-refractivity contribution in [2.45, 2.75) is 0 Å². The Labute approximate surface area is 106 Å². The molecule has 0 bridgehead atoms. The van der Waals surface area contributed by atoms with Gasteiger partial charge in [-0.2, -0.15) is 0 Å². The molecule has 0 saturated carbocycles. The van der Waals surface area contributed by atoms with Crippen LogP contribution in [0.15, 0.2) is 23.6 Å². The molecule has 0 amide bonds. The van der Waals surface area contributed by atoms with Gasteiger partial charge in [0.25, 0.3) is 0 Å². The van der Waals surface area contributed by atoms with E-state index < -0.39 is 0 Å². The van der Waals surface area contributed by atoms with Crippen molar-refractivity contribution in [1.29, 1.82) is 0 Å². The number of nitrogens with zero attached hydrogens (tertiary/aromatic N) is 1. The second-order valence-electron chi connectivity index (χ2n) is 3.03. The van der Waals surface area contributed by atoms with Crippen LogP contribution in [0.1, 0.15) is 16.1 Å². The number of rotatable bonds is 2. The zero-order valence-electron chi connectivity index (χ0n) is 7.91. The molecule has 82 valence electrons. The van der Waals surface area contributed by atoms with Crippen LogP contribution in [0.25, 0.3) is 0 Å². The minimum absolute atomic E-state index is 0.216. The number of ketones is 1. The zero-order chi connectivity index (χ0) is 11.7. The third-order valence-corrected chi connectivity index (χ3v) is 3.35. The Morgan fingerprint density at radius 3 is 2.62 bits per heavy atom. The standard InChI is InChI=1S/C10H6Cl2N2OS/c11-6-2-1-5(3-7(6)12)9(15)8-4-16-10(13)14-8/h1-4H,(H2,13,14). The number of nitrogen functional groups attached to an aromatic ring is 1. The van der Waals surface area contributed by atoms with Crippen molar-refractivity contribution in [2.24, 2.45) is 0 Å². The molecule has 0 atom stereocenters. The van der Waals surface area contributed by atoms with E-state index >= 15 is 0 Å². The predicted molar refractivity (Wildman–Crippen MR) is 66.4 cm³/mol. The van der Waals surface area contributed by atoms with Gasteiger partial charge in [0.1, 0.15) is 5.69 Å². The van der Waals surface area contributed by atoms with Crippen LogP contribution < -0.4 is 5.73 Å². The summed E-state index contributed by atoms with van der Waals surface area (Å²) in [6.07, 6.45) is 0. The van der Waals surface area contributed by atoms with Crippen molar-refractivity contribution < 1.29 is 4.79 Å². The van der Waals surface area contributed by atoms with Crippen molar-refractivity contribution in [2.75, 3.05) is 5.73 Å². The molecule has 2 N–H and O–H groups in total. The highest BCUT2D eigenvalue weighted by Gasteiger charge is 2.13. The van der Waals surface area contributed by atoms with Gasteiger partial charge in [-0.3, -0.25) is 4.79 Å². The number of aromatic nitrogens is 1. The number of carbonyl (C=O) groups excluding carboxylic acids is 1. The van der Waals surface area contributed by atoms with E-state index in [-0.39, 0.29) is 5.78 Å². The summed E-state index contributed by atoms with van der Waals surface area (Å²) >= 11 is 12.8. The first kappa shape index (κ1) is 11.4. The summed E-state index contributed by atoms with van der Waals surface area (Å²) in [6.45, 7) is 0. The van der Waals surface area contributed by atoms with Gasteiger partial charge in [-0.15, -0.1) is 11.3 Å². The second-order valence-corrected chi connectivity index (χ2v) is 4.73. The Hall–Kier alpha value is -1.10. The zero-order valence-corrected chi connectivity index (χ0v) is 10.2. The Balaban J connectivity index is 2.38. The highest BCUT2D eigenvalue weighted by Crippen LogP contribution is 2.24. The average Bonchev–Trinajstić information content (AvgIpc) is 2.68. The van der Waals surface area contributed by atoms with Gasteiger partial charge >= 0.3 is 0 Å². The maximum atomic E-state index is 11.9. The molecule has 2 aromatic rings. The van der Waals surface area contributed by atoms with Crippen LogP contribution in [0.5, 0.6) is 0 Å². The number of hydrogen-bond acceptors (Lipinski definition) is 4. The van der Waals surface area contributed by atoms with Crippen LogP contribution in [0.4, 0.5) is 5.13 Å². The first-order valence-corrected chi connectivity index (χ1v) is 5.92. The molecule has 1 aromatic carbocycles. The number of anilines is 1. The van der Waals surface area contributed by atoms with Crippen LogP contribution in [0.3, 0.4) is 0 Å². The summed E-state index contributed by atoms with van der Waals surface area (Å²) in [5.41, 5.74) is 6.22. The average molecular weight is 273 g/mol. The lowest BCUT2D eigenvalue weighted by Gasteiger charge is -1.99. The minimum atomic E-state index is -0.216. The molecule has 1 heterocycles. The summed E-state index contributed by atoms with van der Waals surface area (Å²) < 4.78 is 0. The quantitative estimate of drug-likeness (QED) is 0.854. The summed E-state index contributed by atoms with van der Waals surface area (Å²) in [5.74, 6) is -0.216. The Morgan fingerprint density at radius 1 is 1.31 bits per heavy atom. The van der Waals surface area contributed by atoms with Gasteiger partial charge in [-0.05, 0) is 18.2 Å². The van der Waals surface area contributed by atoms with Gasteiger partial charge in [0, 0.05) is 10.9 Å². The lowest BCUT2D eigenvalue weighted by Crippen LogP contribution is -2.02. The topological polar surface area (TPSA) is 56.0 Å². The van der Waals surface area contributed by atoms with Crippen molar-refractivity contribution in [3.63, 3.8) is 0 Å². The Bertz CT molecular complexity index is 554. The van der Waals surface area contributed by atoms with E-state index in [1.165, 1.54) is 17.4 Å². The van der Waals surface area contributed by atoms with Crippen molar-refractivity contribution in [1.82, 2.24) is 4.98 Å². The summed E-state index contributed by atoms with van der Waals surface area (Å²) in [6, 6.07) is 4.70. The lowest BCUT2D eigenvalue weighted by atomic mass is 10.1. The first-order chi connectivity index (χ1) is 7.58. The highest BCUT2D eigenvalue weighted by molar-refractivity contribution is 7.13. The van der Waals surface area contributed by atoms with E-state index in [0.29, 0.717) is 26.4 Å². The summed E-state index contributed by atoms with van der Waals surface area (Å²) in [7, 11) is 0. The molecular weight excluding hydrogens is 267 g/mol. The molecule has 2 rings (SSSR count). The van der Waals surface area contributed by atoms with Crippen molar-refractivity contribution in [3.05, 3.63) is 44.9 Å². The van der Waals surface area contributed by atoms with Crippen molar-refractivity contribution >= 4 is 45.5 Å². The van der Waals surface area contributed by atoms with Crippen LogP contribution in [0, 0.1) is 0 Å². The number of nitrogens with two attached hydrogens (primary N) is 1. The van der Waals surface area contributed by atoms with Crippen LogP contribution in [0.2, 0.25) is 10.0 Å². The van der Waals surface area contributed by atoms with E-state index in [0.717, 1.165) is 0 Å². The van der Waals surface area contributed by atoms with Crippen molar-refractivity contribution in [3.8, 4) is 0 Å². The third kappa shape index (κ3) is 2.19. The molecular formula is C10H6Cl2N2OS. The number of hydrogen-bond donors (Lipinski definition) is 1. The number of thiazole rings is 1. The van der Waals surface area contributed by atoms with Gasteiger partial charge in [0.05, 0.1) is 10.0 Å². The molecule has 1 aromatic heterocycles. The summed E-state index contributed by atoms with van der Waals surface area (Å²) in [5, 5.41) is 2.73. The fourth-order valence-electron chi connectivity index (χ4n) is 1.18. The van der Waals surface area contributed by atoms with E-state index in [1.54, 1.807) is 17.5 Å². The van der Waals surface area contributed by atoms with Gasteiger partial charge in [0.2, 0.25) is 5.78 Å². The van der Waals surface area contributed by atoms with E-state index in [9.17, 15) is 4.79 Å². The molecule has 0 aliphatic rings. The van der Waals surface area contributed by atoms with Crippen LogP contribution in [-0.4, -0.2) is 10.8 Å². The van der Waals surface area contributed by atoms with Crippen LogP contribution in [-0.2, 0) is 0 Å². The molecule has 0 aliphatic carbocycles. The second kappa shape index (κ2) is 4.41. The van der Waals surface area contributed by atoms with Crippen LogP contribution >= 0.6 is 34.5 Å². The minimum Gasteiger partial charge on any atom is -0.375 e. The fourth-order valence-corrected chi connectivity index (χ4v) is 2.02. The Morgan fingerprint density at radius 2 is 2.06 bits per heavy atom. The molecule has 0 saturated heterocycles. The molecule has 0 aliphatic heterocycles. The SMILES string of the molecule is Nc1nc(C(=O)c2ccc(Cl)c(Cl)c2)cs1. The first-order valence-electron chi connectivity index (χ1n) is 4.28.